The molecule has 128 valence electrons. The number of hydrogen-bond donors (Lipinski definition) is 3. The molecule has 0 fully saturated rings. The summed E-state index contributed by atoms with van der Waals surface area (Å²) in [7, 11) is 0. The number of thiophene rings is 1. The van der Waals surface area contributed by atoms with Crippen molar-refractivity contribution in [3.05, 3.63) is 53.0 Å². The molecule has 0 radical (unpaired) electrons. The molecule has 3 rings (SSSR count). The summed E-state index contributed by atoms with van der Waals surface area (Å²) in [6.45, 7) is 3.43. The topological polar surface area (TPSA) is 86.9 Å². The molecule has 2 aromatic heterocycles. The summed E-state index contributed by atoms with van der Waals surface area (Å²) in [6, 6.07) is 11.1. The van der Waals surface area contributed by atoms with Crippen LogP contribution in [0.2, 0.25) is 0 Å². The molecule has 0 saturated carbocycles. The number of rotatable bonds is 5. The molecule has 0 spiro atoms. The smallest absolute Gasteiger partial charge is 0.228 e. The zero-order chi connectivity index (χ0) is 17.8. The predicted molar refractivity (Wildman–Crippen MR) is 99.7 cm³/mol. The fourth-order valence-corrected chi connectivity index (χ4v) is 3.37. The SMILES string of the molecule is CC(=O)Nc1ccc(CC(=O)Nc2cc(-c3ccn[nH]3)sc2C)cc1. The molecule has 0 aliphatic carbocycles. The third-order valence-corrected chi connectivity index (χ3v) is 4.68. The summed E-state index contributed by atoms with van der Waals surface area (Å²) in [5.41, 5.74) is 3.35. The van der Waals surface area contributed by atoms with Crippen LogP contribution in [0, 0.1) is 6.92 Å². The number of aryl methyl sites for hydroxylation is 1. The van der Waals surface area contributed by atoms with Gasteiger partial charge in [0.05, 0.1) is 22.7 Å². The molecule has 25 heavy (non-hydrogen) atoms. The molecule has 0 aliphatic heterocycles. The van der Waals surface area contributed by atoms with E-state index in [-0.39, 0.29) is 18.2 Å². The second kappa shape index (κ2) is 7.31. The van der Waals surface area contributed by atoms with Crippen LogP contribution in [0.3, 0.4) is 0 Å². The number of aromatic nitrogens is 2. The Hall–Kier alpha value is -2.93. The molecule has 7 heteroatoms. The van der Waals surface area contributed by atoms with Gasteiger partial charge in [-0.05, 0) is 36.8 Å². The van der Waals surface area contributed by atoms with Crippen molar-refractivity contribution in [2.75, 3.05) is 10.6 Å². The van der Waals surface area contributed by atoms with E-state index in [4.69, 9.17) is 0 Å². The number of amides is 2. The Balaban J connectivity index is 1.64. The Morgan fingerprint density at radius 3 is 2.56 bits per heavy atom. The molecule has 0 bridgehead atoms. The van der Waals surface area contributed by atoms with E-state index in [1.54, 1.807) is 29.7 Å². The summed E-state index contributed by atoms with van der Waals surface area (Å²) >= 11 is 1.60. The van der Waals surface area contributed by atoms with Gasteiger partial charge >= 0.3 is 0 Å². The van der Waals surface area contributed by atoms with Crippen LogP contribution in [0.4, 0.5) is 11.4 Å². The Kier molecular flexibility index (Phi) is 4.95. The Morgan fingerprint density at radius 2 is 1.92 bits per heavy atom. The van der Waals surface area contributed by atoms with E-state index in [1.807, 2.05) is 31.2 Å². The Labute approximate surface area is 149 Å². The first kappa shape index (κ1) is 16.9. The average molecular weight is 354 g/mol. The molecule has 3 N–H and O–H groups in total. The molecule has 0 saturated heterocycles. The van der Waals surface area contributed by atoms with E-state index in [0.29, 0.717) is 0 Å². The van der Waals surface area contributed by atoms with Gasteiger partial charge in [-0.3, -0.25) is 14.7 Å². The maximum Gasteiger partial charge on any atom is 0.228 e. The molecule has 0 atom stereocenters. The zero-order valence-electron chi connectivity index (χ0n) is 13.9. The van der Waals surface area contributed by atoms with Gasteiger partial charge in [-0.25, -0.2) is 0 Å². The van der Waals surface area contributed by atoms with Gasteiger partial charge < -0.3 is 10.6 Å². The number of nitrogens with zero attached hydrogens (tertiary/aromatic N) is 1. The lowest BCUT2D eigenvalue weighted by Gasteiger charge is -2.06. The lowest BCUT2D eigenvalue weighted by atomic mass is 10.1. The quantitative estimate of drug-likeness (QED) is 0.654. The van der Waals surface area contributed by atoms with Gasteiger partial charge in [0, 0.05) is 23.7 Å². The van der Waals surface area contributed by atoms with Gasteiger partial charge in [-0.2, -0.15) is 5.10 Å². The third-order valence-electron chi connectivity index (χ3n) is 3.60. The largest absolute Gasteiger partial charge is 0.326 e. The van der Waals surface area contributed by atoms with E-state index in [1.165, 1.54) is 6.92 Å². The number of carbonyl (C=O) groups is 2. The third kappa shape index (κ3) is 4.33. The van der Waals surface area contributed by atoms with E-state index in [0.717, 1.165) is 32.4 Å². The van der Waals surface area contributed by atoms with Crippen LogP contribution < -0.4 is 10.6 Å². The maximum atomic E-state index is 12.3. The van der Waals surface area contributed by atoms with Crippen molar-refractivity contribution in [3.63, 3.8) is 0 Å². The summed E-state index contributed by atoms with van der Waals surface area (Å²) in [5, 5.41) is 12.5. The van der Waals surface area contributed by atoms with Gasteiger partial charge in [0.25, 0.3) is 0 Å². The fourth-order valence-electron chi connectivity index (χ4n) is 2.42. The van der Waals surface area contributed by atoms with E-state index >= 15 is 0 Å². The van der Waals surface area contributed by atoms with Crippen molar-refractivity contribution in [2.24, 2.45) is 0 Å². The normalized spacial score (nSPS) is 10.5. The summed E-state index contributed by atoms with van der Waals surface area (Å²) in [6.07, 6.45) is 1.97. The highest BCUT2D eigenvalue weighted by Gasteiger charge is 2.11. The second-order valence-electron chi connectivity index (χ2n) is 5.65. The first-order valence-corrected chi connectivity index (χ1v) is 8.59. The lowest BCUT2D eigenvalue weighted by Crippen LogP contribution is -2.14. The van der Waals surface area contributed by atoms with E-state index in [9.17, 15) is 9.59 Å². The summed E-state index contributed by atoms with van der Waals surface area (Å²) in [4.78, 5) is 25.4. The first-order valence-electron chi connectivity index (χ1n) is 7.78. The van der Waals surface area contributed by atoms with Gasteiger partial charge in [-0.1, -0.05) is 12.1 Å². The maximum absolute atomic E-state index is 12.3. The van der Waals surface area contributed by atoms with Gasteiger partial charge in [0.2, 0.25) is 11.8 Å². The van der Waals surface area contributed by atoms with Crippen molar-refractivity contribution in [2.45, 2.75) is 20.3 Å². The molecule has 0 aliphatic rings. The van der Waals surface area contributed by atoms with Crippen LogP contribution in [0.15, 0.2) is 42.6 Å². The van der Waals surface area contributed by atoms with Crippen LogP contribution in [-0.2, 0) is 16.0 Å². The van der Waals surface area contributed by atoms with E-state index in [2.05, 4.69) is 20.8 Å². The second-order valence-corrected chi connectivity index (χ2v) is 6.91. The summed E-state index contributed by atoms with van der Waals surface area (Å²) in [5.74, 6) is -0.198. The first-order chi connectivity index (χ1) is 12.0. The van der Waals surface area contributed by atoms with Gasteiger partial charge in [-0.15, -0.1) is 11.3 Å². The molecule has 2 heterocycles. The number of anilines is 2. The molecular weight excluding hydrogens is 336 g/mol. The predicted octanol–water partition coefficient (Wildman–Crippen LogP) is 3.59. The number of aromatic amines is 1. The van der Waals surface area contributed by atoms with E-state index < -0.39 is 0 Å². The van der Waals surface area contributed by atoms with Crippen LogP contribution >= 0.6 is 11.3 Å². The number of benzene rings is 1. The molecular formula is C18H18N4O2S. The van der Waals surface area contributed by atoms with Gasteiger partial charge in [0.1, 0.15) is 0 Å². The lowest BCUT2D eigenvalue weighted by molar-refractivity contribution is -0.116. The standard InChI is InChI=1S/C18H18N4O2S/c1-11-16(10-17(25-11)15-7-8-19-22-15)21-18(24)9-13-3-5-14(6-4-13)20-12(2)23/h3-8,10H,9H2,1-2H3,(H,19,22)(H,20,23)(H,21,24). The van der Waals surface area contributed by atoms with Crippen LogP contribution in [0.5, 0.6) is 0 Å². The van der Waals surface area contributed by atoms with Crippen molar-refractivity contribution in [3.8, 4) is 10.6 Å². The minimum Gasteiger partial charge on any atom is -0.326 e. The summed E-state index contributed by atoms with van der Waals surface area (Å²) < 4.78 is 0. The minimum absolute atomic E-state index is 0.0793. The number of H-pyrrole nitrogens is 1. The monoisotopic (exact) mass is 354 g/mol. The Bertz CT molecular complexity index is 882. The fraction of sp³-hybridized carbons (Fsp3) is 0.167. The average Bonchev–Trinajstić information content (AvgIpc) is 3.19. The van der Waals surface area contributed by atoms with Crippen molar-refractivity contribution in [1.82, 2.24) is 10.2 Å². The van der Waals surface area contributed by atoms with Crippen molar-refractivity contribution >= 4 is 34.5 Å². The molecule has 1 aromatic carbocycles. The number of hydrogen-bond acceptors (Lipinski definition) is 4. The molecule has 0 unspecified atom stereocenters. The molecule has 2 amide bonds. The molecule has 6 nitrogen and oxygen atoms in total. The Morgan fingerprint density at radius 1 is 1.16 bits per heavy atom. The highest BCUT2D eigenvalue weighted by molar-refractivity contribution is 7.16. The highest BCUT2D eigenvalue weighted by Crippen LogP contribution is 2.33. The highest BCUT2D eigenvalue weighted by atomic mass is 32.1. The van der Waals surface area contributed by atoms with Gasteiger partial charge in [0.15, 0.2) is 0 Å². The molecule has 3 aromatic rings. The van der Waals surface area contributed by atoms with Crippen molar-refractivity contribution in [1.29, 1.82) is 0 Å². The van der Waals surface area contributed by atoms with Crippen molar-refractivity contribution < 1.29 is 9.59 Å². The number of carbonyl (C=O) groups excluding carboxylic acids is 2. The number of nitrogens with one attached hydrogen (secondary N) is 3. The van der Waals surface area contributed by atoms with Crippen LogP contribution in [-0.4, -0.2) is 22.0 Å². The zero-order valence-corrected chi connectivity index (χ0v) is 14.7. The minimum atomic E-state index is -0.119. The van der Waals surface area contributed by atoms with Crippen LogP contribution in [0.1, 0.15) is 17.4 Å². The van der Waals surface area contributed by atoms with Crippen LogP contribution in [0.25, 0.3) is 10.6 Å².